The molecule has 0 aliphatic heterocycles. The zero-order chi connectivity index (χ0) is 16.2. The lowest BCUT2D eigenvalue weighted by molar-refractivity contribution is 0.0953. The molecular formula is C17H25IN4O. The van der Waals surface area contributed by atoms with Gasteiger partial charge in [-0.2, -0.15) is 0 Å². The molecule has 0 spiro atoms. The number of nitrogens with one attached hydrogen (secondary N) is 3. The molecule has 3 N–H and O–H groups in total. The first kappa shape index (κ1) is 21.2. The normalized spacial score (nSPS) is 10.2. The Hall–Kier alpha value is -1.75. The molecule has 6 heteroatoms. The highest BCUT2D eigenvalue weighted by Crippen LogP contribution is 2.06. The molecule has 126 valence electrons. The van der Waals surface area contributed by atoms with Gasteiger partial charge in [0.05, 0.1) is 13.1 Å². The summed E-state index contributed by atoms with van der Waals surface area (Å²) in [7, 11) is 0. The lowest BCUT2D eigenvalue weighted by Gasteiger charge is -2.09. The van der Waals surface area contributed by atoms with Crippen LogP contribution in [0.1, 0.15) is 36.2 Å². The summed E-state index contributed by atoms with van der Waals surface area (Å²) in [6.45, 7) is 6.36. The molecule has 0 aromatic heterocycles. The van der Waals surface area contributed by atoms with E-state index in [1.165, 1.54) is 0 Å². The summed E-state index contributed by atoms with van der Waals surface area (Å²) < 4.78 is 0. The van der Waals surface area contributed by atoms with Crippen molar-refractivity contribution in [1.29, 1.82) is 0 Å². The summed E-state index contributed by atoms with van der Waals surface area (Å²) in [5.74, 6) is 3.13. The molecule has 1 aromatic carbocycles. The van der Waals surface area contributed by atoms with E-state index in [1.54, 1.807) is 6.07 Å². The van der Waals surface area contributed by atoms with E-state index in [0.29, 0.717) is 31.2 Å². The van der Waals surface area contributed by atoms with Crippen LogP contribution in [0.4, 0.5) is 0 Å². The summed E-state index contributed by atoms with van der Waals surface area (Å²) in [5, 5.41) is 9.01. The van der Waals surface area contributed by atoms with Crippen molar-refractivity contribution in [1.82, 2.24) is 16.0 Å². The number of rotatable bonds is 7. The number of aliphatic imine (C=N–C) groups is 1. The number of nitrogens with zero attached hydrogens (tertiary/aromatic N) is 1. The fourth-order valence-electron chi connectivity index (χ4n) is 1.80. The molecule has 0 radical (unpaired) electrons. The number of halogens is 1. The third kappa shape index (κ3) is 8.45. The average molecular weight is 428 g/mol. The van der Waals surface area contributed by atoms with Gasteiger partial charge in [0, 0.05) is 18.7 Å². The first-order valence-corrected chi connectivity index (χ1v) is 7.54. The number of guanidine groups is 1. The number of hydrogen-bond acceptors (Lipinski definition) is 2. The molecule has 0 aliphatic rings. The molecule has 0 saturated heterocycles. The Morgan fingerprint density at radius 1 is 1.26 bits per heavy atom. The van der Waals surface area contributed by atoms with Crippen molar-refractivity contribution in [2.45, 2.75) is 26.8 Å². The minimum atomic E-state index is -0.0509. The predicted octanol–water partition coefficient (Wildman–Crippen LogP) is 2.13. The SMILES string of the molecule is C#CCNC(=NCc1cccc(C(=O)NCCC)c1)NCC.I. The maximum atomic E-state index is 11.9. The molecule has 1 aromatic rings. The highest BCUT2D eigenvalue weighted by Gasteiger charge is 2.05. The fraction of sp³-hybridized carbons (Fsp3) is 0.412. The molecule has 0 bridgehead atoms. The number of terminal acetylenes is 1. The molecule has 0 fully saturated rings. The summed E-state index contributed by atoms with van der Waals surface area (Å²) in [6.07, 6.45) is 6.15. The highest BCUT2D eigenvalue weighted by atomic mass is 127. The monoisotopic (exact) mass is 428 g/mol. The van der Waals surface area contributed by atoms with Crippen molar-refractivity contribution in [3.8, 4) is 12.3 Å². The summed E-state index contributed by atoms with van der Waals surface area (Å²) >= 11 is 0. The van der Waals surface area contributed by atoms with Crippen LogP contribution in [0.25, 0.3) is 0 Å². The van der Waals surface area contributed by atoms with Crippen LogP contribution in [0, 0.1) is 12.3 Å². The van der Waals surface area contributed by atoms with Gasteiger partial charge in [0.25, 0.3) is 5.91 Å². The molecule has 0 atom stereocenters. The summed E-state index contributed by atoms with van der Waals surface area (Å²) in [5.41, 5.74) is 1.63. The van der Waals surface area contributed by atoms with Crippen LogP contribution < -0.4 is 16.0 Å². The second-order valence-corrected chi connectivity index (χ2v) is 4.71. The molecule has 0 unspecified atom stereocenters. The van der Waals surface area contributed by atoms with Gasteiger partial charge in [-0.15, -0.1) is 30.4 Å². The van der Waals surface area contributed by atoms with E-state index in [-0.39, 0.29) is 29.9 Å². The van der Waals surface area contributed by atoms with Gasteiger partial charge in [0.2, 0.25) is 0 Å². The van der Waals surface area contributed by atoms with Crippen LogP contribution >= 0.6 is 24.0 Å². The van der Waals surface area contributed by atoms with Crippen molar-refractivity contribution in [2.75, 3.05) is 19.6 Å². The first-order chi connectivity index (χ1) is 10.7. The van der Waals surface area contributed by atoms with Gasteiger partial charge in [0.1, 0.15) is 0 Å². The van der Waals surface area contributed by atoms with Gasteiger partial charge >= 0.3 is 0 Å². The van der Waals surface area contributed by atoms with E-state index in [4.69, 9.17) is 6.42 Å². The molecule has 0 aliphatic carbocycles. The first-order valence-electron chi connectivity index (χ1n) is 7.54. The van der Waals surface area contributed by atoms with Crippen molar-refractivity contribution < 1.29 is 4.79 Å². The molecule has 1 rings (SSSR count). The standard InChI is InChI=1S/C17H24N4O.HI/c1-4-10-19-16(22)15-9-7-8-14(12-15)13-21-17(18-6-3)20-11-5-2;/h2,7-9,12H,4,6,10-11,13H2,1,3H3,(H,19,22)(H2,18,20,21);1H. The van der Waals surface area contributed by atoms with Crippen LogP contribution in [0.3, 0.4) is 0 Å². The number of benzene rings is 1. The second-order valence-electron chi connectivity index (χ2n) is 4.71. The van der Waals surface area contributed by atoms with Crippen molar-refractivity contribution in [2.24, 2.45) is 4.99 Å². The Bertz CT molecular complexity index is 552. The average Bonchev–Trinajstić information content (AvgIpc) is 2.55. The van der Waals surface area contributed by atoms with Crippen LogP contribution in [0.2, 0.25) is 0 Å². The van der Waals surface area contributed by atoms with E-state index >= 15 is 0 Å². The van der Waals surface area contributed by atoms with Crippen LogP contribution in [-0.2, 0) is 6.54 Å². The van der Waals surface area contributed by atoms with Crippen LogP contribution in [0.15, 0.2) is 29.3 Å². The molecular weight excluding hydrogens is 403 g/mol. The minimum Gasteiger partial charge on any atom is -0.357 e. The Morgan fingerprint density at radius 2 is 2.04 bits per heavy atom. The minimum absolute atomic E-state index is 0. The molecule has 0 saturated carbocycles. The van der Waals surface area contributed by atoms with Crippen molar-refractivity contribution >= 4 is 35.8 Å². The Labute approximate surface area is 155 Å². The van der Waals surface area contributed by atoms with E-state index in [0.717, 1.165) is 18.5 Å². The van der Waals surface area contributed by atoms with Crippen molar-refractivity contribution in [3.05, 3.63) is 35.4 Å². The summed E-state index contributed by atoms with van der Waals surface area (Å²) in [4.78, 5) is 16.4. The number of hydrogen-bond donors (Lipinski definition) is 3. The molecule has 0 heterocycles. The number of carbonyl (C=O) groups is 1. The lowest BCUT2D eigenvalue weighted by Crippen LogP contribution is -2.37. The number of amides is 1. The quantitative estimate of drug-likeness (QED) is 0.270. The van der Waals surface area contributed by atoms with Crippen LogP contribution in [-0.4, -0.2) is 31.5 Å². The van der Waals surface area contributed by atoms with Gasteiger partial charge < -0.3 is 16.0 Å². The van der Waals surface area contributed by atoms with Gasteiger partial charge in [-0.1, -0.05) is 25.0 Å². The van der Waals surface area contributed by atoms with Gasteiger partial charge in [-0.05, 0) is 31.0 Å². The van der Waals surface area contributed by atoms with E-state index in [1.807, 2.05) is 32.0 Å². The van der Waals surface area contributed by atoms with Crippen molar-refractivity contribution in [3.63, 3.8) is 0 Å². The predicted molar refractivity (Wildman–Crippen MR) is 106 cm³/mol. The molecule has 23 heavy (non-hydrogen) atoms. The Kier molecular flexibility index (Phi) is 11.8. The molecule has 1 amide bonds. The fourth-order valence-corrected chi connectivity index (χ4v) is 1.80. The highest BCUT2D eigenvalue weighted by molar-refractivity contribution is 14.0. The Balaban J connectivity index is 0.00000484. The maximum Gasteiger partial charge on any atom is 0.251 e. The van der Waals surface area contributed by atoms with Gasteiger partial charge in [0.15, 0.2) is 5.96 Å². The van der Waals surface area contributed by atoms with Crippen LogP contribution in [0.5, 0.6) is 0 Å². The van der Waals surface area contributed by atoms with E-state index in [9.17, 15) is 4.79 Å². The maximum absolute atomic E-state index is 11.9. The van der Waals surface area contributed by atoms with E-state index < -0.39 is 0 Å². The zero-order valence-electron chi connectivity index (χ0n) is 13.7. The second kappa shape index (κ2) is 12.8. The smallest absolute Gasteiger partial charge is 0.251 e. The topological polar surface area (TPSA) is 65.5 Å². The summed E-state index contributed by atoms with van der Waals surface area (Å²) in [6, 6.07) is 7.48. The number of carbonyl (C=O) groups excluding carboxylic acids is 1. The molecule has 5 nitrogen and oxygen atoms in total. The van der Waals surface area contributed by atoms with Gasteiger partial charge in [-0.3, -0.25) is 4.79 Å². The largest absolute Gasteiger partial charge is 0.357 e. The lowest BCUT2D eigenvalue weighted by atomic mass is 10.1. The third-order valence-corrected chi connectivity index (χ3v) is 2.85. The van der Waals surface area contributed by atoms with E-state index in [2.05, 4.69) is 26.9 Å². The zero-order valence-corrected chi connectivity index (χ0v) is 16.0. The third-order valence-electron chi connectivity index (χ3n) is 2.85. The Morgan fingerprint density at radius 3 is 2.70 bits per heavy atom. The van der Waals surface area contributed by atoms with Gasteiger partial charge in [-0.25, -0.2) is 4.99 Å².